The van der Waals surface area contributed by atoms with Crippen LogP contribution in [0, 0.1) is 11.3 Å². The highest BCUT2D eigenvalue weighted by atomic mass is 16.3. The van der Waals surface area contributed by atoms with Crippen molar-refractivity contribution < 1.29 is 5.11 Å². The van der Waals surface area contributed by atoms with Crippen molar-refractivity contribution in [2.24, 2.45) is 11.3 Å². The summed E-state index contributed by atoms with van der Waals surface area (Å²) >= 11 is 0. The number of hydrogen-bond acceptors (Lipinski definition) is 3. The summed E-state index contributed by atoms with van der Waals surface area (Å²) < 4.78 is 2.23. The van der Waals surface area contributed by atoms with E-state index >= 15 is 0 Å². The Labute approximate surface area is 115 Å². The van der Waals surface area contributed by atoms with Crippen LogP contribution in [-0.4, -0.2) is 38.8 Å². The number of aliphatic hydroxyl groups excluding tert-OH is 1. The van der Waals surface area contributed by atoms with Crippen LogP contribution in [0.4, 0.5) is 0 Å². The first-order valence-corrected chi connectivity index (χ1v) is 7.44. The van der Waals surface area contributed by atoms with E-state index in [1.807, 2.05) is 6.20 Å². The van der Waals surface area contributed by atoms with E-state index in [2.05, 4.69) is 34.5 Å². The number of imidazole rings is 1. The average Bonchev–Trinajstić information content (AvgIpc) is 2.81. The Morgan fingerprint density at radius 1 is 1.42 bits per heavy atom. The van der Waals surface area contributed by atoms with Gasteiger partial charge >= 0.3 is 0 Å². The molecule has 1 aliphatic heterocycles. The minimum absolute atomic E-state index is 0.116. The summed E-state index contributed by atoms with van der Waals surface area (Å²) in [5.74, 6) is 1.58. The molecular formula is C15H25N3O. The number of aromatic nitrogens is 2. The van der Waals surface area contributed by atoms with E-state index in [4.69, 9.17) is 0 Å². The van der Waals surface area contributed by atoms with Crippen LogP contribution in [0.3, 0.4) is 0 Å². The highest BCUT2D eigenvalue weighted by molar-refractivity contribution is 4.96. The zero-order chi connectivity index (χ0) is 13.5. The summed E-state index contributed by atoms with van der Waals surface area (Å²) in [5, 5.41) is 10.2. The number of nitrogens with zero attached hydrogens (tertiary/aromatic N) is 3. The smallest absolute Gasteiger partial charge is 0.122 e. The third kappa shape index (κ3) is 2.84. The molecule has 0 radical (unpaired) electrons. The minimum atomic E-state index is -0.116. The topological polar surface area (TPSA) is 41.3 Å². The van der Waals surface area contributed by atoms with Crippen molar-refractivity contribution in [1.29, 1.82) is 0 Å². The molecule has 3 rings (SSSR count). The van der Waals surface area contributed by atoms with E-state index in [1.165, 1.54) is 0 Å². The van der Waals surface area contributed by atoms with Crippen molar-refractivity contribution in [3.05, 3.63) is 18.2 Å². The van der Waals surface area contributed by atoms with Crippen LogP contribution in [0.15, 0.2) is 12.4 Å². The quantitative estimate of drug-likeness (QED) is 0.886. The molecule has 106 valence electrons. The molecule has 0 saturated heterocycles. The molecule has 0 spiro atoms. The van der Waals surface area contributed by atoms with Crippen LogP contribution in [0.2, 0.25) is 0 Å². The van der Waals surface area contributed by atoms with Gasteiger partial charge in [0.1, 0.15) is 5.82 Å². The fourth-order valence-electron chi connectivity index (χ4n) is 3.62. The Morgan fingerprint density at radius 2 is 2.26 bits per heavy atom. The van der Waals surface area contributed by atoms with Crippen LogP contribution >= 0.6 is 0 Å². The van der Waals surface area contributed by atoms with E-state index < -0.39 is 0 Å². The Hall–Kier alpha value is -0.870. The Bertz CT molecular complexity index is 440. The second kappa shape index (κ2) is 4.91. The van der Waals surface area contributed by atoms with Gasteiger partial charge in [0.2, 0.25) is 0 Å². The van der Waals surface area contributed by atoms with Gasteiger partial charge in [-0.2, -0.15) is 0 Å². The SMILES string of the molecule is CC1(C)CCC(O)C(CN2CCn3ccnc3C2)C1. The fraction of sp³-hybridized carbons (Fsp3) is 0.800. The van der Waals surface area contributed by atoms with Gasteiger partial charge in [0.15, 0.2) is 0 Å². The maximum atomic E-state index is 10.2. The largest absolute Gasteiger partial charge is 0.393 e. The van der Waals surface area contributed by atoms with Gasteiger partial charge in [0.05, 0.1) is 12.6 Å². The van der Waals surface area contributed by atoms with E-state index in [-0.39, 0.29) is 6.10 Å². The van der Waals surface area contributed by atoms with Gasteiger partial charge in [-0.1, -0.05) is 13.8 Å². The Morgan fingerprint density at radius 3 is 3.11 bits per heavy atom. The molecule has 0 amide bonds. The lowest BCUT2D eigenvalue weighted by Gasteiger charge is -2.41. The Kier molecular flexibility index (Phi) is 3.39. The van der Waals surface area contributed by atoms with Crippen molar-refractivity contribution in [2.45, 2.75) is 52.3 Å². The first kappa shape index (κ1) is 13.1. The molecule has 2 aliphatic rings. The zero-order valence-corrected chi connectivity index (χ0v) is 12.0. The van der Waals surface area contributed by atoms with Gasteiger partial charge in [0, 0.05) is 32.0 Å². The lowest BCUT2D eigenvalue weighted by Crippen LogP contribution is -2.43. The van der Waals surface area contributed by atoms with Crippen LogP contribution in [-0.2, 0) is 13.1 Å². The first-order chi connectivity index (χ1) is 9.03. The normalized spacial score (nSPS) is 31.1. The number of rotatable bonds is 2. The monoisotopic (exact) mass is 263 g/mol. The van der Waals surface area contributed by atoms with E-state index in [9.17, 15) is 5.11 Å². The van der Waals surface area contributed by atoms with Gasteiger partial charge in [-0.05, 0) is 30.6 Å². The van der Waals surface area contributed by atoms with Gasteiger partial charge < -0.3 is 9.67 Å². The predicted molar refractivity (Wildman–Crippen MR) is 74.6 cm³/mol. The van der Waals surface area contributed by atoms with Crippen LogP contribution in [0.1, 0.15) is 38.9 Å². The third-order valence-electron chi connectivity index (χ3n) is 4.79. The molecule has 1 saturated carbocycles. The summed E-state index contributed by atoms with van der Waals surface area (Å²) in [6.45, 7) is 8.70. The van der Waals surface area contributed by atoms with Crippen LogP contribution in [0.5, 0.6) is 0 Å². The Balaban J connectivity index is 1.62. The third-order valence-corrected chi connectivity index (χ3v) is 4.79. The van der Waals surface area contributed by atoms with Crippen molar-refractivity contribution in [1.82, 2.24) is 14.5 Å². The second-order valence-corrected chi connectivity index (χ2v) is 7.01. The molecule has 0 bridgehead atoms. The molecule has 2 unspecified atom stereocenters. The molecule has 1 aliphatic carbocycles. The van der Waals surface area contributed by atoms with Crippen molar-refractivity contribution in [3.8, 4) is 0 Å². The number of fused-ring (bicyclic) bond motifs is 1. The molecule has 1 aromatic rings. The first-order valence-electron chi connectivity index (χ1n) is 7.44. The molecule has 0 aromatic carbocycles. The van der Waals surface area contributed by atoms with Gasteiger partial charge in [-0.25, -0.2) is 4.98 Å². The predicted octanol–water partition coefficient (Wildman–Crippen LogP) is 1.89. The highest BCUT2D eigenvalue weighted by Gasteiger charge is 2.35. The standard InChI is InChI=1S/C15H25N3O/c1-15(2)4-3-13(19)12(9-15)10-17-7-8-18-6-5-16-14(18)11-17/h5-6,12-13,19H,3-4,7-11H2,1-2H3. The molecule has 1 N–H and O–H groups in total. The number of aliphatic hydroxyl groups is 1. The maximum absolute atomic E-state index is 10.2. The summed E-state index contributed by atoms with van der Waals surface area (Å²) in [4.78, 5) is 6.86. The lowest BCUT2D eigenvalue weighted by atomic mass is 9.70. The molecule has 2 heterocycles. The molecule has 1 aromatic heterocycles. The molecule has 1 fully saturated rings. The maximum Gasteiger partial charge on any atom is 0.122 e. The molecular weight excluding hydrogens is 238 g/mol. The average molecular weight is 263 g/mol. The molecule has 4 heteroatoms. The zero-order valence-electron chi connectivity index (χ0n) is 12.0. The van der Waals surface area contributed by atoms with Gasteiger partial charge in [-0.3, -0.25) is 4.90 Å². The molecule has 4 nitrogen and oxygen atoms in total. The molecule has 19 heavy (non-hydrogen) atoms. The fourth-order valence-corrected chi connectivity index (χ4v) is 3.62. The minimum Gasteiger partial charge on any atom is -0.393 e. The highest BCUT2D eigenvalue weighted by Crippen LogP contribution is 2.39. The summed E-state index contributed by atoms with van der Waals surface area (Å²) in [6, 6.07) is 0. The van der Waals surface area contributed by atoms with E-state index in [0.717, 1.165) is 51.3 Å². The van der Waals surface area contributed by atoms with E-state index in [0.29, 0.717) is 11.3 Å². The van der Waals surface area contributed by atoms with E-state index in [1.54, 1.807) is 0 Å². The van der Waals surface area contributed by atoms with Gasteiger partial charge in [-0.15, -0.1) is 0 Å². The summed E-state index contributed by atoms with van der Waals surface area (Å²) in [5.41, 5.74) is 0.387. The second-order valence-electron chi connectivity index (χ2n) is 7.01. The van der Waals surface area contributed by atoms with Crippen molar-refractivity contribution in [3.63, 3.8) is 0 Å². The van der Waals surface area contributed by atoms with Crippen molar-refractivity contribution in [2.75, 3.05) is 13.1 Å². The molecule has 2 atom stereocenters. The number of hydrogen-bond donors (Lipinski definition) is 1. The summed E-state index contributed by atoms with van der Waals surface area (Å²) in [7, 11) is 0. The van der Waals surface area contributed by atoms with Crippen molar-refractivity contribution >= 4 is 0 Å². The summed E-state index contributed by atoms with van der Waals surface area (Å²) in [6.07, 6.45) is 7.08. The lowest BCUT2D eigenvalue weighted by molar-refractivity contribution is 0.0000762. The van der Waals surface area contributed by atoms with Crippen LogP contribution < -0.4 is 0 Å². The van der Waals surface area contributed by atoms with Gasteiger partial charge in [0.25, 0.3) is 0 Å². The van der Waals surface area contributed by atoms with Crippen LogP contribution in [0.25, 0.3) is 0 Å².